The summed E-state index contributed by atoms with van der Waals surface area (Å²) in [6, 6.07) is 5.15. The Labute approximate surface area is 135 Å². The first-order valence-electron chi connectivity index (χ1n) is 8.35. The van der Waals surface area contributed by atoms with Gasteiger partial charge in [0.2, 0.25) is 0 Å². The van der Waals surface area contributed by atoms with E-state index in [2.05, 4.69) is 0 Å². The number of nitro groups is 1. The van der Waals surface area contributed by atoms with Crippen LogP contribution in [-0.4, -0.2) is 34.4 Å². The number of amides is 1. The first kappa shape index (κ1) is 15.8. The zero-order chi connectivity index (χ0) is 16.4. The third-order valence-corrected chi connectivity index (χ3v) is 4.60. The average molecular weight is 318 g/mol. The highest BCUT2D eigenvalue weighted by Gasteiger charge is 2.39. The first-order valence-corrected chi connectivity index (χ1v) is 8.35. The van der Waals surface area contributed by atoms with Gasteiger partial charge in [-0.25, -0.2) is 0 Å². The predicted molar refractivity (Wildman–Crippen MR) is 85.7 cm³/mol. The van der Waals surface area contributed by atoms with Gasteiger partial charge < -0.3 is 9.64 Å². The number of carbonyl (C=O) groups excluding carboxylic acids is 1. The van der Waals surface area contributed by atoms with Crippen LogP contribution >= 0.6 is 0 Å². The Morgan fingerprint density at radius 3 is 2.48 bits per heavy atom. The predicted octanol–water partition coefficient (Wildman–Crippen LogP) is 3.54. The molecule has 3 rings (SSSR count). The van der Waals surface area contributed by atoms with E-state index in [1.165, 1.54) is 12.1 Å². The molecule has 0 N–H and O–H groups in total. The number of ether oxygens (including phenoxy) is 1. The third-order valence-electron chi connectivity index (χ3n) is 4.60. The van der Waals surface area contributed by atoms with Crippen LogP contribution in [-0.2, 0) is 0 Å². The number of rotatable bonds is 6. The summed E-state index contributed by atoms with van der Waals surface area (Å²) in [5, 5.41) is 11.2. The van der Waals surface area contributed by atoms with E-state index in [1.54, 1.807) is 13.0 Å². The molecule has 0 saturated heterocycles. The van der Waals surface area contributed by atoms with E-state index in [-0.39, 0.29) is 17.3 Å². The Hall–Kier alpha value is -2.11. The molecule has 6 nitrogen and oxygen atoms in total. The molecule has 0 aliphatic heterocycles. The first-order chi connectivity index (χ1) is 11.1. The van der Waals surface area contributed by atoms with E-state index in [1.807, 2.05) is 4.90 Å². The second-order valence-electron chi connectivity index (χ2n) is 6.25. The van der Waals surface area contributed by atoms with Crippen molar-refractivity contribution in [3.63, 3.8) is 0 Å². The molecule has 1 amide bonds. The summed E-state index contributed by atoms with van der Waals surface area (Å²) in [6.07, 6.45) is 6.49. The zero-order valence-electron chi connectivity index (χ0n) is 13.4. The van der Waals surface area contributed by atoms with Gasteiger partial charge in [-0.1, -0.05) is 12.8 Å². The van der Waals surface area contributed by atoms with Gasteiger partial charge in [0.15, 0.2) is 5.75 Å². The largest absolute Gasteiger partial charge is 0.487 e. The van der Waals surface area contributed by atoms with Gasteiger partial charge >= 0.3 is 5.69 Å². The summed E-state index contributed by atoms with van der Waals surface area (Å²) in [5.41, 5.74) is 0.249. The van der Waals surface area contributed by atoms with Crippen molar-refractivity contribution in [3.8, 4) is 5.75 Å². The van der Waals surface area contributed by atoms with Crippen LogP contribution in [0.1, 0.15) is 55.8 Å². The Bertz CT molecular complexity index is 607. The van der Waals surface area contributed by atoms with Crippen LogP contribution < -0.4 is 4.74 Å². The monoisotopic (exact) mass is 318 g/mol. The van der Waals surface area contributed by atoms with Gasteiger partial charge in [-0.15, -0.1) is 0 Å². The smallest absolute Gasteiger partial charge is 0.311 e. The fourth-order valence-corrected chi connectivity index (χ4v) is 3.38. The van der Waals surface area contributed by atoms with E-state index in [9.17, 15) is 14.9 Å². The molecular weight excluding hydrogens is 296 g/mol. The molecule has 2 aliphatic rings. The van der Waals surface area contributed by atoms with Gasteiger partial charge in [-0.2, -0.15) is 0 Å². The molecule has 2 fully saturated rings. The van der Waals surface area contributed by atoms with E-state index < -0.39 is 4.92 Å². The normalized spacial score (nSPS) is 18.0. The van der Waals surface area contributed by atoms with Crippen LogP contribution in [0.5, 0.6) is 5.75 Å². The van der Waals surface area contributed by atoms with Gasteiger partial charge in [-0.3, -0.25) is 14.9 Å². The maximum absolute atomic E-state index is 12.9. The lowest BCUT2D eigenvalue weighted by Gasteiger charge is -2.29. The molecule has 2 saturated carbocycles. The van der Waals surface area contributed by atoms with Crippen molar-refractivity contribution < 1.29 is 14.5 Å². The maximum Gasteiger partial charge on any atom is 0.311 e. The van der Waals surface area contributed by atoms with Crippen molar-refractivity contribution in [3.05, 3.63) is 33.9 Å². The van der Waals surface area contributed by atoms with Crippen molar-refractivity contribution in [1.29, 1.82) is 0 Å². The highest BCUT2D eigenvalue weighted by Crippen LogP contribution is 2.36. The van der Waals surface area contributed by atoms with E-state index in [4.69, 9.17) is 4.74 Å². The lowest BCUT2D eigenvalue weighted by molar-refractivity contribution is -0.385. The van der Waals surface area contributed by atoms with E-state index in [0.717, 1.165) is 38.5 Å². The highest BCUT2D eigenvalue weighted by molar-refractivity contribution is 5.95. The molecule has 0 bridgehead atoms. The molecule has 1 aromatic carbocycles. The van der Waals surface area contributed by atoms with Crippen molar-refractivity contribution in [2.24, 2.45) is 0 Å². The van der Waals surface area contributed by atoms with Crippen LogP contribution in [0.15, 0.2) is 18.2 Å². The molecule has 0 aromatic heterocycles. The van der Waals surface area contributed by atoms with Gasteiger partial charge in [0, 0.05) is 23.7 Å². The summed E-state index contributed by atoms with van der Waals surface area (Å²) in [5.74, 6) is 0.137. The van der Waals surface area contributed by atoms with Gasteiger partial charge in [0.1, 0.15) is 0 Å². The Balaban J connectivity index is 1.88. The number of nitrogens with zero attached hydrogens (tertiary/aromatic N) is 2. The molecule has 0 atom stereocenters. The van der Waals surface area contributed by atoms with Crippen molar-refractivity contribution in [2.45, 2.75) is 57.5 Å². The third kappa shape index (κ3) is 3.30. The van der Waals surface area contributed by atoms with Gasteiger partial charge in [0.05, 0.1) is 11.5 Å². The van der Waals surface area contributed by atoms with Crippen molar-refractivity contribution in [2.75, 3.05) is 6.61 Å². The van der Waals surface area contributed by atoms with Crippen molar-refractivity contribution >= 4 is 11.6 Å². The summed E-state index contributed by atoms with van der Waals surface area (Å²) in [7, 11) is 0. The van der Waals surface area contributed by atoms with Crippen LogP contribution in [0.4, 0.5) is 5.69 Å². The Morgan fingerprint density at radius 1 is 1.26 bits per heavy atom. The summed E-state index contributed by atoms with van der Waals surface area (Å²) < 4.78 is 5.29. The minimum Gasteiger partial charge on any atom is -0.487 e. The fourth-order valence-electron chi connectivity index (χ4n) is 3.38. The number of hydrogen-bond donors (Lipinski definition) is 0. The van der Waals surface area contributed by atoms with E-state index in [0.29, 0.717) is 24.3 Å². The molecule has 0 spiro atoms. The quantitative estimate of drug-likeness (QED) is 0.594. The second kappa shape index (κ2) is 6.56. The van der Waals surface area contributed by atoms with Crippen molar-refractivity contribution in [1.82, 2.24) is 4.90 Å². The number of benzene rings is 1. The molecule has 6 heteroatoms. The van der Waals surface area contributed by atoms with Gasteiger partial charge in [0.25, 0.3) is 5.91 Å². The Morgan fingerprint density at radius 2 is 1.91 bits per heavy atom. The Kier molecular flexibility index (Phi) is 4.50. The van der Waals surface area contributed by atoms with Crippen LogP contribution in [0.3, 0.4) is 0 Å². The lowest BCUT2D eigenvalue weighted by atomic mass is 10.1. The number of hydrogen-bond acceptors (Lipinski definition) is 4. The second-order valence-corrected chi connectivity index (χ2v) is 6.25. The molecule has 124 valence electrons. The van der Waals surface area contributed by atoms with Gasteiger partial charge in [-0.05, 0) is 44.7 Å². The van der Waals surface area contributed by atoms with Crippen LogP contribution in [0, 0.1) is 10.1 Å². The highest BCUT2D eigenvalue weighted by atomic mass is 16.6. The SMILES string of the molecule is CCOc1ccc(C(=O)N(C2CCCC2)C2CC2)cc1[N+](=O)[O-]. The van der Waals surface area contributed by atoms with Crippen LogP contribution in [0.25, 0.3) is 0 Å². The summed E-state index contributed by atoms with van der Waals surface area (Å²) in [6.45, 7) is 2.13. The number of carbonyl (C=O) groups is 1. The molecule has 0 heterocycles. The summed E-state index contributed by atoms with van der Waals surface area (Å²) in [4.78, 5) is 25.7. The molecule has 2 aliphatic carbocycles. The van der Waals surface area contributed by atoms with Crippen LogP contribution in [0.2, 0.25) is 0 Å². The molecule has 23 heavy (non-hydrogen) atoms. The van der Waals surface area contributed by atoms with E-state index >= 15 is 0 Å². The fraction of sp³-hybridized carbons (Fsp3) is 0.588. The molecule has 1 aromatic rings. The summed E-state index contributed by atoms with van der Waals surface area (Å²) >= 11 is 0. The minimum absolute atomic E-state index is 0.0782. The lowest BCUT2D eigenvalue weighted by Crippen LogP contribution is -2.40. The molecule has 0 unspecified atom stereocenters. The molecule has 0 radical (unpaired) electrons. The zero-order valence-corrected chi connectivity index (χ0v) is 13.4. The minimum atomic E-state index is -0.487. The standard InChI is InChI=1S/C17H22N2O4/c1-2-23-16-10-7-12(11-15(16)19(21)22)17(20)18(14-8-9-14)13-5-3-4-6-13/h7,10-11,13-14H,2-6,8-9H2,1H3. The molecular formula is C17H22N2O4. The number of nitro benzene ring substituents is 1. The topological polar surface area (TPSA) is 72.7 Å². The average Bonchev–Trinajstić information content (AvgIpc) is 3.22. The maximum atomic E-state index is 12.9.